The Labute approximate surface area is 111 Å². The van der Waals surface area contributed by atoms with Crippen LogP contribution >= 0.6 is 0 Å². The second kappa shape index (κ2) is 6.26. The molecule has 0 amide bonds. The van der Waals surface area contributed by atoms with E-state index in [0.717, 1.165) is 12.3 Å². The second-order valence-electron chi connectivity index (χ2n) is 5.72. The number of hydrogen-bond donors (Lipinski definition) is 1. The van der Waals surface area contributed by atoms with Gasteiger partial charge in [-0.1, -0.05) is 38.7 Å². The molecule has 0 saturated heterocycles. The molecule has 1 fully saturated rings. The van der Waals surface area contributed by atoms with Gasteiger partial charge in [0.05, 0.1) is 0 Å². The standard InChI is InChI=1S/C17H26O/c1-3-4-10-16-13(2)15(11-12-17(16)18)14-8-6-5-7-9-14/h11-12,14,18H,3-10H2,1-2H3. The van der Waals surface area contributed by atoms with Gasteiger partial charge in [-0.3, -0.25) is 0 Å². The van der Waals surface area contributed by atoms with Crippen molar-refractivity contribution in [3.8, 4) is 5.75 Å². The smallest absolute Gasteiger partial charge is 0.119 e. The quantitative estimate of drug-likeness (QED) is 0.784. The molecule has 1 heteroatoms. The molecule has 1 aliphatic rings. The Bertz CT molecular complexity index is 389. The monoisotopic (exact) mass is 246 g/mol. The number of rotatable bonds is 4. The second-order valence-corrected chi connectivity index (χ2v) is 5.72. The SMILES string of the molecule is CCCCc1c(O)ccc(C2CCCCC2)c1C. The zero-order valence-electron chi connectivity index (χ0n) is 11.8. The summed E-state index contributed by atoms with van der Waals surface area (Å²) < 4.78 is 0. The molecule has 0 atom stereocenters. The van der Waals surface area contributed by atoms with Crippen molar-refractivity contribution in [3.63, 3.8) is 0 Å². The number of aromatic hydroxyl groups is 1. The summed E-state index contributed by atoms with van der Waals surface area (Å²) in [4.78, 5) is 0. The number of phenolic OH excluding ortho intramolecular Hbond substituents is 1. The molecule has 0 unspecified atom stereocenters. The molecule has 0 aliphatic heterocycles. The van der Waals surface area contributed by atoms with Crippen LogP contribution < -0.4 is 0 Å². The lowest BCUT2D eigenvalue weighted by molar-refractivity contribution is 0.438. The lowest BCUT2D eigenvalue weighted by atomic mass is 9.81. The van der Waals surface area contributed by atoms with Crippen LogP contribution in [-0.2, 0) is 6.42 Å². The van der Waals surface area contributed by atoms with Gasteiger partial charge in [-0.05, 0) is 61.3 Å². The first-order valence-electron chi connectivity index (χ1n) is 7.55. The Morgan fingerprint density at radius 2 is 1.89 bits per heavy atom. The maximum atomic E-state index is 10.0. The average molecular weight is 246 g/mol. The molecular weight excluding hydrogens is 220 g/mol. The zero-order chi connectivity index (χ0) is 13.0. The molecule has 1 aromatic rings. The number of benzene rings is 1. The van der Waals surface area contributed by atoms with Crippen LogP contribution in [0.2, 0.25) is 0 Å². The van der Waals surface area contributed by atoms with E-state index in [1.807, 2.05) is 6.07 Å². The Morgan fingerprint density at radius 3 is 2.56 bits per heavy atom. The lowest BCUT2D eigenvalue weighted by Crippen LogP contribution is -2.07. The molecule has 0 spiro atoms. The molecule has 2 rings (SSSR count). The van der Waals surface area contributed by atoms with Crippen LogP contribution in [0.25, 0.3) is 0 Å². The van der Waals surface area contributed by atoms with E-state index in [4.69, 9.17) is 0 Å². The van der Waals surface area contributed by atoms with Gasteiger partial charge in [0.15, 0.2) is 0 Å². The number of unbranched alkanes of at least 4 members (excludes halogenated alkanes) is 1. The molecule has 1 aliphatic carbocycles. The van der Waals surface area contributed by atoms with Gasteiger partial charge in [-0.2, -0.15) is 0 Å². The van der Waals surface area contributed by atoms with Gasteiger partial charge in [0.2, 0.25) is 0 Å². The van der Waals surface area contributed by atoms with Crippen LogP contribution in [0.15, 0.2) is 12.1 Å². The van der Waals surface area contributed by atoms with Crippen LogP contribution in [0.3, 0.4) is 0 Å². The molecule has 0 bridgehead atoms. The number of phenols is 1. The molecule has 0 radical (unpaired) electrons. The summed E-state index contributed by atoms with van der Waals surface area (Å²) in [5.41, 5.74) is 4.05. The zero-order valence-corrected chi connectivity index (χ0v) is 11.8. The van der Waals surface area contributed by atoms with E-state index in [1.54, 1.807) is 0 Å². The molecule has 1 nitrogen and oxygen atoms in total. The normalized spacial score (nSPS) is 17.0. The van der Waals surface area contributed by atoms with Crippen LogP contribution in [0, 0.1) is 6.92 Å². The van der Waals surface area contributed by atoms with E-state index < -0.39 is 0 Å². The third-order valence-electron chi connectivity index (χ3n) is 4.44. The number of hydrogen-bond acceptors (Lipinski definition) is 1. The Balaban J connectivity index is 2.24. The van der Waals surface area contributed by atoms with Crippen molar-refractivity contribution < 1.29 is 5.11 Å². The van der Waals surface area contributed by atoms with E-state index in [1.165, 1.54) is 61.6 Å². The van der Waals surface area contributed by atoms with Gasteiger partial charge in [-0.15, -0.1) is 0 Å². The highest BCUT2D eigenvalue weighted by Crippen LogP contribution is 2.37. The van der Waals surface area contributed by atoms with Crippen molar-refractivity contribution in [2.45, 2.75) is 71.1 Å². The van der Waals surface area contributed by atoms with E-state index in [2.05, 4.69) is 19.9 Å². The molecular formula is C17H26O. The highest BCUT2D eigenvalue weighted by atomic mass is 16.3. The molecule has 1 aromatic carbocycles. The molecule has 1 N–H and O–H groups in total. The predicted octanol–water partition coefficient (Wildman–Crippen LogP) is 5.09. The molecule has 0 aromatic heterocycles. The largest absolute Gasteiger partial charge is 0.508 e. The minimum absolute atomic E-state index is 0.500. The van der Waals surface area contributed by atoms with Gasteiger partial charge in [-0.25, -0.2) is 0 Å². The van der Waals surface area contributed by atoms with Crippen molar-refractivity contribution in [3.05, 3.63) is 28.8 Å². The van der Waals surface area contributed by atoms with Crippen molar-refractivity contribution in [1.82, 2.24) is 0 Å². The average Bonchev–Trinajstić information content (AvgIpc) is 2.40. The topological polar surface area (TPSA) is 20.2 Å². The van der Waals surface area contributed by atoms with Gasteiger partial charge in [0, 0.05) is 0 Å². The molecule has 0 heterocycles. The van der Waals surface area contributed by atoms with E-state index in [0.29, 0.717) is 5.75 Å². The van der Waals surface area contributed by atoms with E-state index in [9.17, 15) is 5.11 Å². The van der Waals surface area contributed by atoms with Crippen molar-refractivity contribution in [2.75, 3.05) is 0 Å². The first-order chi connectivity index (χ1) is 8.74. The third-order valence-corrected chi connectivity index (χ3v) is 4.44. The fourth-order valence-electron chi connectivity index (χ4n) is 3.29. The van der Waals surface area contributed by atoms with Gasteiger partial charge >= 0.3 is 0 Å². The Kier molecular flexibility index (Phi) is 4.68. The van der Waals surface area contributed by atoms with Crippen molar-refractivity contribution in [2.24, 2.45) is 0 Å². The molecule has 18 heavy (non-hydrogen) atoms. The van der Waals surface area contributed by atoms with Crippen LogP contribution in [-0.4, -0.2) is 5.11 Å². The van der Waals surface area contributed by atoms with Crippen LogP contribution in [0.4, 0.5) is 0 Å². The fraction of sp³-hybridized carbons (Fsp3) is 0.647. The van der Waals surface area contributed by atoms with Crippen LogP contribution in [0.5, 0.6) is 5.75 Å². The minimum Gasteiger partial charge on any atom is -0.508 e. The summed E-state index contributed by atoms with van der Waals surface area (Å²) >= 11 is 0. The van der Waals surface area contributed by atoms with Gasteiger partial charge < -0.3 is 5.11 Å². The Hall–Kier alpha value is -0.980. The molecule has 100 valence electrons. The highest BCUT2D eigenvalue weighted by Gasteiger charge is 2.19. The summed E-state index contributed by atoms with van der Waals surface area (Å²) in [5, 5.41) is 10.0. The fourth-order valence-corrected chi connectivity index (χ4v) is 3.29. The summed E-state index contributed by atoms with van der Waals surface area (Å²) in [7, 11) is 0. The maximum absolute atomic E-state index is 10.0. The maximum Gasteiger partial charge on any atom is 0.119 e. The summed E-state index contributed by atoms with van der Waals surface area (Å²) in [6.45, 7) is 4.41. The van der Waals surface area contributed by atoms with Gasteiger partial charge in [0.1, 0.15) is 5.75 Å². The lowest BCUT2D eigenvalue weighted by Gasteiger charge is -2.25. The predicted molar refractivity (Wildman–Crippen MR) is 77.3 cm³/mol. The van der Waals surface area contributed by atoms with Gasteiger partial charge in [0.25, 0.3) is 0 Å². The summed E-state index contributed by atoms with van der Waals surface area (Å²) in [5.74, 6) is 1.24. The van der Waals surface area contributed by atoms with Crippen LogP contribution in [0.1, 0.15) is 74.5 Å². The van der Waals surface area contributed by atoms with E-state index >= 15 is 0 Å². The molecule has 1 saturated carbocycles. The minimum atomic E-state index is 0.500. The Morgan fingerprint density at radius 1 is 1.17 bits per heavy atom. The van der Waals surface area contributed by atoms with Crippen molar-refractivity contribution >= 4 is 0 Å². The highest BCUT2D eigenvalue weighted by molar-refractivity contribution is 5.45. The summed E-state index contributed by atoms with van der Waals surface area (Å²) in [6.07, 6.45) is 10.2. The van der Waals surface area contributed by atoms with Crippen molar-refractivity contribution in [1.29, 1.82) is 0 Å². The first-order valence-corrected chi connectivity index (χ1v) is 7.55. The first kappa shape index (κ1) is 13.5. The van der Waals surface area contributed by atoms with E-state index in [-0.39, 0.29) is 0 Å². The summed E-state index contributed by atoms with van der Waals surface area (Å²) in [6, 6.07) is 4.08. The third kappa shape index (κ3) is 2.88.